The second-order valence-electron chi connectivity index (χ2n) is 6.72. The quantitative estimate of drug-likeness (QED) is 0.405. The van der Waals surface area contributed by atoms with Crippen molar-refractivity contribution in [3.63, 3.8) is 0 Å². The van der Waals surface area contributed by atoms with Crippen LogP contribution in [0, 0.1) is 0 Å². The first kappa shape index (κ1) is 21.5. The number of nitrogens with zero attached hydrogens (tertiary/aromatic N) is 2. The zero-order valence-electron chi connectivity index (χ0n) is 16.9. The molecule has 0 atom stereocenters. The maximum Gasteiger partial charge on any atom is 0.343 e. The van der Waals surface area contributed by atoms with Crippen LogP contribution in [0.15, 0.2) is 53.6 Å². The second kappa shape index (κ2) is 11.1. The standard InChI is InChI=1S/C22H25N3O5/c1-28-21(26)16-30-20-8-4-17(5-9-20)14-23-24-22(27)19-6-2-18(3-7-19)15-25-10-12-29-13-11-25/h2-9,14H,10-13,15-16H2,1H3,(H,24,27)/b23-14+. The predicted molar refractivity (Wildman–Crippen MR) is 112 cm³/mol. The lowest BCUT2D eigenvalue weighted by Gasteiger charge is -2.26. The van der Waals surface area contributed by atoms with Crippen LogP contribution in [-0.4, -0.2) is 63.0 Å². The molecule has 1 heterocycles. The third-order valence-electron chi connectivity index (χ3n) is 4.57. The summed E-state index contributed by atoms with van der Waals surface area (Å²) in [4.78, 5) is 25.6. The molecular formula is C22H25N3O5. The molecule has 0 unspecified atom stereocenters. The zero-order chi connectivity index (χ0) is 21.2. The SMILES string of the molecule is COC(=O)COc1ccc(/C=N/NC(=O)c2ccc(CN3CCOCC3)cc2)cc1. The van der Waals surface area contributed by atoms with E-state index in [9.17, 15) is 9.59 Å². The normalized spacial score (nSPS) is 14.4. The van der Waals surface area contributed by atoms with Gasteiger partial charge in [0, 0.05) is 25.2 Å². The molecule has 158 valence electrons. The van der Waals surface area contributed by atoms with Crippen molar-refractivity contribution in [3.05, 3.63) is 65.2 Å². The van der Waals surface area contributed by atoms with Crippen molar-refractivity contribution in [2.75, 3.05) is 40.0 Å². The van der Waals surface area contributed by atoms with Crippen LogP contribution >= 0.6 is 0 Å². The van der Waals surface area contributed by atoms with Gasteiger partial charge < -0.3 is 14.2 Å². The molecule has 0 radical (unpaired) electrons. The number of nitrogens with one attached hydrogen (secondary N) is 1. The van der Waals surface area contributed by atoms with Crippen molar-refractivity contribution in [2.45, 2.75) is 6.54 Å². The molecule has 8 heteroatoms. The van der Waals surface area contributed by atoms with Gasteiger partial charge in [-0.2, -0.15) is 5.10 Å². The van der Waals surface area contributed by atoms with Gasteiger partial charge in [0.1, 0.15) is 5.75 Å². The number of benzene rings is 2. The molecule has 1 aliphatic heterocycles. The van der Waals surface area contributed by atoms with Gasteiger partial charge in [-0.1, -0.05) is 12.1 Å². The van der Waals surface area contributed by atoms with Crippen LogP contribution in [0.4, 0.5) is 0 Å². The van der Waals surface area contributed by atoms with Crippen LogP contribution in [0.3, 0.4) is 0 Å². The molecule has 0 spiro atoms. The molecule has 1 fully saturated rings. The summed E-state index contributed by atoms with van der Waals surface area (Å²) < 4.78 is 15.1. The average Bonchev–Trinajstić information content (AvgIpc) is 2.79. The lowest BCUT2D eigenvalue weighted by molar-refractivity contribution is -0.142. The first-order chi connectivity index (χ1) is 14.6. The molecule has 3 rings (SSSR count). The smallest absolute Gasteiger partial charge is 0.343 e. The minimum absolute atomic E-state index is 0.148. The Morgan fingerprint density at radius 2 is 1.80 bits per heavy atom. The Balaban J connectivity index is 1.46. The summed E-state index contributed by atoms with van der Waals surface area (Å²) in [5.41, 5.74) is 5.01. The van der Waals surface area contributed by atoms with E-state index < -0.39 is 5.97 Å². The number of morpholine rings is 1. The van der Waals surface area contributed by atoms with Crippen LogP contribution in [0.5, 0.6) is 5.75 Å². The number of esters is 1. The van der Waals surface area contributed by atoms with Gasteiger partial charge in [-0.05, 0) is 47.5 Å². The van der Waals surface area contributed by atoms with Gasteiger partial charge in [-0.15, -0.1) is 0 Å². The number of rotatable bonds is 8. The van der Waals surface area contributed by atoms with Crippen LogP contribution in [0.2, 0.25) is 0 Å². The Morgan fingerprint density at radius 3 is 2.47 bits per heavy atom. The van der Waals surface area contributed by atoms with Crippen molar-refractivity contribution >= 4 is 18.1 Å². The highest BCUT2D eigenvalue weighted by atomic mass is 16.6. The summed E-state index contributed by atoms with van der Waals surface area (Å²) in [6, 6.07) is 14.5. The van der Waals surface area contributed by atoms with E-state index >= 15 is 0 Å². The van der Waals surface area contributed by atoms with E-state index in [1.165, 1.54) is 13.3 Å². The fourth-order valence-electron chi connectivity index (χ4n) is 2.86. The number of carbonyl (C=O) groups is 2. The molecule has 0 bridgehead atoms. The van der Waals surface area contributed by atoms with Gasteiger partial charge in [-0.3, -0.25) is 9.69 Å². The first-order valence-electron chi connectivity index (χ1n) is 9.66. The molecule has 1 aliphatic rings. The maximum absolute atomic E-state index is 12.3. The fraction of sp³-hybridized carbons (Fsp3) is 0.318. The van der Waals surface area contributed by atoms with Gasteiger partial charge in [0.25, 0.3) is 5.91 Å². The van der Waals surface area contributed by atoms with E-state index in [4.69, 9.17) is 9.47 Å². The van der Waals surface area contributed by atoms with Crippen molar-refractivity contribution in [3.8, 4) is 5.75 Å². The van der Waals surface area contributed by atoms with Gasteiger partial charge in [0.15, 0.2) is 6.61 Å². The molecule has 1 amide bonds. The number of hydrogen-bond acceptors (Lipinski definition) is 7. The van der Waals surface area contributed by atoms with E-state index in [0.717, 1.165) is 44.0 Å². The number of carbonyl (C=O) groups excluding carboxylic acids is 2. The van der Waals surface area contributed by atoms with Crippen molar-refractivity contribution < 1.29 is 23.8 Å². The summed E-state index contributed by atoms with van der Waals surface area (Å²) >= 11 is 0. The third kappa shape index (κ3) is 6.68. The highest BCUT2D eigenvalue weighted by Gasteiger charge is 2.11. The topological polar surface area (TPSA) is 89.5 Å². The zero-order valence-corrected chi connectivity index (χ0v) is 16.9. The van der Waals surface area contributed by atoms with Gasteiger partial charge in [0.05, 0.1) is 26.5 Å². The minimum Gasteiger partial charge on any atom is -0.482 e. The summed E-state index contributed by atoms with van der Waals surface area (Å²) in [5, 5.41) is 3.99. The molecule has 2 aromatic carbocycles. The Hall–Kier alpha value is -3.23. The molecular weight excluding hydrogens is 386 g/mol. The van der Waals surface area contributed by atoms with Gasteiger partial charge in [0.2, 0.25) is 0 Å². The number of hydrogen-bond donors (Lipinski definition) is 1. The molecule has 30 heavy (non-hydrogen) atoms. The number of ether oxygens (including phenoxy) is 3. The maximum atomic E-state index is 12.3. The van der Waals surface area contributed by atoms with Crippen LogP contribution < -0.4 is 10.2 Å². The fourth-order valence-corrected chi connectivity index (χ4v) is 2.86. The molecule has 2 aromatic rings. The van der Waals surface area contributed by atoms with E-state index in [2.05, 4.69) is 20.2 Å². The summed E-state index contributed by atoms with van der Waals surface area (Å²) in [5.74, 6) is -0.182. The molecule has 0 aromatic heterocycles. The minimum atomic E-state index is -0.447. The monoisotopic (exact) mass is 411 g/mol. The molecule has 0 saturated carbocycles. The lowest BCUT2D eigenvalue weighted by atomic mass is 10.1. The van der Waals surface area contributed by atoms with E-state index in [-0.39, 0.29) is 12.5 Å². The second-order valence-corrected chi connectivity index (χ2v) is 6.72. The lowest BCUT2D eigenvalue weighted by Crippen LogP contribution is -2.35. The Morgan fingerprint density at radius 1 is 1.10 bits per heavy atom. The van der Waals surface area contributed by atoms with Crippen molar-refractivity contribution in [1.29, 1.82) is 0 Å². The first-order valence-corrected chi connectivity index (χ1v) is 9.66. The Labute approximate surface area is 175 Å². The van der Waals surface area contributed by atoms with Crippen LogP contribution in [-0.2, 0) is 20.8 Å². The number of hydrazone groups is 1. The third-order valence-corrected chi connectivity index (χ3v) is 4.57. The predicted octanol–water partition coefficient (Wildman–Crippen LogP) is 1.83. The van der Waals surface area contributed by atoms with Gasteiger partial charge in [-0.25, -0.2) is 10.2 Å². The summed E-state index contributed by atoms with van der Waals surface area (Å²) in [7, 11) is 1.30. The highest BCUT2D eigenvalue weighted by molar-refractivity contribution is 5.94. The molecule has 1 N–H and O–H groups in total. The van der Waals surface area contributed by atoms with Crippen LogP contribution in [0.25, 0.3) is 0 Å². The summed E-state index contributed by atoms with van der Waals surface area (Å²) in [6.45, 7) is 4.09. The van der Waals surface area contributed by atoms with E-state index in [1.807, 2.05) is 12.1 Å². The number of methoxy groups -OCH3 is 1. The number of amides is 1. The Bertz CT molecular complexity index is 859. The van der Waals surface area contributed by atoms with Crippen molar-refractivity contribution in [2.24, 2.45) is 5.10 Å². The van der Waals surface area contributed by atoms with Crippen LogP contribution in [0.1, 0.15) is 21.5 Å². The van der Waals surface area contributed by atoms with Gasteiger partial charge >= 0.3 is 5.97 Å². The van der Waals surface area contributed by atoms with Crippen molar-refractivity contribution in [1.82, 2.24) is 10.3 Å². The molecule has 0 aliphatic carbocycles. The van der Waals surface area contributed by atoms with E-state index in [0.29, 0.717) is 11.3 Å². The summed E-state index contributed by atoms with van der Waals surface area (Å²) in [6.07, 6.45) is 1.54. The molecule has 8 nitrogen and oxygen atoms in total. The largest absolute Gasteiger partial charge is 0.482 e. The highest BCUT2D eigenvalue weighted by Crippen LogP contribution is 2.11. The Kier molecular flexibility index (Phi) is 7.94. The van der Waals surface area contributed by atoms with E-state index in [1.54, 1.807) is 36.4 Å². The molecule has 1 saturated heterocycles. The average molecular weight is 411 g/mol.